The number of nitrogens with one attached hydrogen (secondary N) is 1. The Bertz CT molecular complexity index is 1360. The highest BCUT2D eigenvalue weighted by molar-refractivity contribution is 6.03. The summed E-state index contributed by atoms with van der Waals surface area (Å²) in [6.07, 6.45) is 1.33. The summed E-state index contributed by atoms with van der Waals surface area (Å²) in [6.45, 7) is 3.83. The van der Waals surface area contributed by atoms with Crippen LogP contribution in [0.15, 0.2) is 66.9 Å². The van der Waals surface area contributed by atoms with Crippen LogP contribution in [0.4, 0.5) is 5.82 Å². The number of aryl methyl sites for hydroxylation is 1. The zero-order valence-corrected chi connectivity index (χ0v) is 18.9. The summed E-state index contributed by atoms with van der Waals surface area (Å²) in [5, 5.41) is 8.04. The molecule has 0 fully saturated rings. The molecule has 8 heteroatoms. The number of hydrogen-bond acceptors (Lipinski definition) is 6. The predicted octanol–water partition coefficient (Wildman–Crippen LogP) is 4.51. The lowest BCUT2D eigenvalue weighted by molar-refractivity contribution is -0.116. The van der Waals surface area contributed by atoms with Gasteiger partial charge in [0.25, 0.3) is 0 Å². The van der Waals surface area contributed by atoms with E-state index < -0.39 is 11.9 Å². The first-order chi connectivity index (χ1) is 16.5. The first-order valence-electron chi connectivity index (χ1n) is 11.0. The smallest absolute Gasteiger partial charge is 0.343 e. The Labute approximate surface area is 196 Å². The monoisotopic (exact) mass is 456 g/mol. The van der Waals surface area contributed by atoms with Crippen molar-refractivity contribution in [1.82, 2.24) is 14.8 Å². The minimum atomic E-state index is -0.609. The van der Waals surface area contributed by atoms with Gasteiger partial charge in [-0.1, -0.05) is 48.5 Å². The lowest BCUT2D eigenvalue weighted by atomic mass is 10.1. The van der Waals surface area contributed by atoms with Gasteiger partial charge in [-0.3, -0.25) is 9.59 Å². The Morgan fingerprint density at radius 2 is 1.74 bits per heavy atom. The van der Waals surface area contributed by atoms with E-state index in [1.165, 1.54) is 10.9 Å². The fourth-order valence-corrected chi connectivity index (χ4v) is 3.63. The molecule has 0 saturated carbocycles. The molecule has 0 atom stereocenters. The number of ether oxygens (including phenoxy) is 1. The number of aromatic nitrogens is 3. The van der Waals surface area contributed by atoms with Crippen molar-refractivity contribution in [2.24, 2.45) is 0 Å². The number of rotatable bonds is 8. The van der Waals surface area contributed by atoms with E-state index in [0.717, 1.165) is 16.5 Å². The summed E-state index contributed by atoms with van der Waals surface area (Å²) >= 11 is 0. The van der Waals surface area contributed by atoms with E-state index in [1.807, 2.05) is 43.3 Å². The number of carbonyl (C=O) groups is 3. The fourth-order valence-electron chi connectivity index (χ4n) is 3.63. The number of nitrogens with zero attached hydrogens (tertiary/aromatic N) is 3. The molecule has 2 heterocycles. The SMILES string of the molecule is CCOC(=O)c1cnn(-c2cc(C)c3ccccc3n2)c1NC(=O)CCC(=O)c1ccccc1. The van der Waals surface area contributed by atoms with Crippen LogP contribution in [0.3, 0.4) is 0 Å². The molecule has 0 aliphatic carbocycles. The van der Waals surface area contributed by atoms with Crippen LogP contribution in [0.1, 0.15) is 46.0 Å². The van der Waals surface area contributed by atoms with E-state index in [-0.39, 0.29) is 36.6 Å². The van der Waals surface area contributed by atoms with E-state index in [4.69, 9.17) is 4.74 Å². The van der Waals surface area contributed by atoms with Crippen LogP contribution >= 0.6 is 0 Å². The number of anilines is 1. The van der Waals surface area contributed by atoms with Gasteiger partial charge in [-0.05, 0) is 31.5 Å². The Morgan fingerprint density at radius 1 is 1.00 bits per heavy atom. The number of esters is 1. The van der Waals surface area contributed by atoms with Gasteiger partial charge in [-0.15, -0.1) is 0 Å². The van der Waals surface area contributed by atoms with Crippen molar-refractivity contribution in [2.75, 3.05) is 11.9 Å². The van der Waals surface area contributed by atoms with E-state index >= 15 is 0 Å². The molecule has 0 bridgehead atoms. The van der Waals surface area contributed by atoms with Gasteiger partial charge >= 0.3 is 5.97 Å². The molecule has 1 amide bonds. The number of carbonyl (C=O) groups excluding carboxylic acids is 3. The number of Topliss-reactive ketones (excluding diaryl/α,β-unsaturated/α-hetero) is 1. The predicted molar refractivity (Wildman–Crippen MR) is 128 cm³/mol. The van der Waals surface area contributed by atoms with Crippen molar-refractivity contribution in [2.45, 2.75) is 26.7 Å². The van der Waals surface area contributed by atoms with Gasteiger partial charge in [0, 0.05) is 23.8 Å². The molecular formula is C26H24N4O4. The van der Waals surface area contributed by atoms with Crippen molar-refractivity contribution in [3.63, 3.8) is 0 Å². The molecule has 172 valence electrons. The minimum Gasteiger partial charge on any atom is -0.462 e. The van der Waals surface area contributed by atoms with Gasteiger partial charge in [-0.25, -0.2) is 9.78 Å². The maximum atomic E-state index is 12.8. The van der Waals surface area contributed by atoms with Gasteiger partial charge in [0.15, 0.2) is 17.4 Å². The highest BCUT2D eigenvalue weighted by atomic mass is 16.5. The average molecular weight is 457 g/mol. The second-order valence-corrected chi connectivity index (χ2v) is 7.69. The quantitative estimate of drug-likeness (QED) is 0.309. The number of pyridine rings is 1. The van der Waals surface area contributed by atoms with Gasteiger partial charge in [0.05, 0.1) is 18.3 Å². The molecule has 0 saturated heterocycles. The van der Waals surface area contributed by atoms with Crippen molar-refractivity contribution in [1.29, 1.82) is 0 Å². The van der Waals surface area contributed by atoms with E-state index in [0.29, 0.717) is 11.4 Å². The molecule has 0 radical (unpaired) electrons. The summed E-state index contributed by atoms with van der Waals surface area (Å²) in [6, 6.07) is 18.3. The Kier molecular flexibility index (Phi) is 6.77. The minimum absolute atomic E-state index is 0.0338. The third-order valence-electron chi connectivity index (χ3n) is 5.32. The van der Waals surface area contributed by atoms with Crippen LogP contribution in [-0.4, -0.2) is 39.0 Å². The van der Waals surface area contributed by atoms with E-state index in [1.54, 1.807) is 31.2 Å². The number of benzene rings is 2. The fraction of sp³-hybridized carbons (Fsp3) is 0.192. The van der Waals surface area contributed by atoms with Crippen molar-refractivity contribution in [3.05, 3.63) is 83.6 Å². The molecule has 34 heavy (non-hydrogen) atoms. The number of para-hydroxylation sites is 1. The van der Waals surface area contributed by atoms with Gasteiger partial charge in [-0.2, -0.15) is 9.78 Å². The van der Waals surface area contributed by atoms with Crippen molar-refractivity contribution in [3.8, 4) is 5.82 Å². The largest absolute Gasteiger partial charge is 0.462 e. The zero-order chi connectivity index (χ0) is 24.1. The molecule has 0 unspecified atom stereocenters. The number of fused-ring (bicyclic) bond motifs is 1. The maximum Gasteiger partial charge on any atom is 0.343 e. The van der Waals surface area contributed by atoms with Crippen molar-refractivity contribution >= 4 is 34.4 Å². The normalized spacial score (nSPS) is 10.8. The molecule has 2 aromatic heterocycles. The molecule has 0 aliphatic heterocycles. The lowest BCUT2D eigenvalue weighted by Crippen LogP contribution is -2.19. The highest BCUT2D eigenvalue weighted by Gasteiger charge is 2.23. The standard InChI is InChI=1S/C26H24N4O4/c1-3-34-26(33)20-16-27-30(23-15-17(2)19-11-7-8-12-21(19)28-23)25(20)29-24(32)14-13-22(31)18-9-5-4-6-10-18/h4-12,15-16H,3,13-14H2,1-2H3,(H,29,32). The molecule has 4 aromatic rings. The highest BCUT2D eigenvalue weighted by Crippen LogP contribution is 2.24. The third kappa shape index (κ3) is 4.85. The van der Waals surface area contributed by atoms with Crippen LogP contribution in [-0.2, 0) is 9.53 Å². The van der Waals surface area contributed by atoms with Crippen LogP contribution in [0.5, 0.6) is 0 Å². The Balaban J connectivity index is 1.63. The summed E-state index contributed by atoms with van der Waals surface area (Å²) in [5.41, 5.74) is 2.39. The maximum absolute atomic E-state index is 12.8. The Morgan fingerprint density at radius 3 is 2.50 bits per heavy atom. The molecule has 4 rings (SSSR count). The molecule has 2 aromatic carbocycles. The first-order valence-corrected chi connectivity index (χ1v) is 11.0. The van der Waals surface area contributed by atoms with Crippen molar-refractivity contribution < 1.29 is 19.1 Å². The summed E-state index contributed by atoms with van der Waals surface area (Å²) < 4.78 is 6.54. The summed E-state index contributed by atoms with van der Waals surface area (Å²) in [7, 11) is 0. The second kappa shape index (κ2) is 10.1. The molecule has 8 nitrogen and oxygen atoms in total. The van der Waals surface area contributed by atoms with Crippen LogP contribution < -0.4 is 5.32 Å². The molecule has 1 N–H and O–H groups in total. The van der Waals surface area contributed by atoms with Crippen LogP contribution in [0.25, 0.3) is 16.7 Å². The molecule has 0 aliphatic rings. The molecule has 0 spiro atoms. The Hall–Kier alpha value is -4.33. The summed E-state index contributed by atoms with van der Waals surface area (Å²) in [5.74, 6) is -0.571. The van der Waals surface area contributed by atoms with E-state index in [9.17, 15) is 14.4 Å². The zero-order valence-electron chi connectivity index (χ0n) is 18.9. The van der Waals surface area contributed by atoms with Crippen LogP contribution in [0, 0.1) is 6.92 Å². The second-order valence-electron chi connectivity index (χ2n) is 7.69. The number of hydrogen-bond donors (Lipinski definition) is 1. The first kappa shape index (κ1) is 22.8. The van der Waals surface area contributed by atoms with Gasteiger partial charge in [0.1, 0.15) is 5.56 Å². The average Bonchev–Trinajstić information content (AvgIpc) is 3.26. The van der Waals surface area contributed by atoms with Gasteiger partial charge in [0.2, 0.25) is 5.91 Å². The topological polar surface area (TPSA) is 103 Å². The lowest BCUT2D eigenvalue weighted by Gasteiger charge is -2.12. The van der Waals surface area contributed by atoms with E-state index in [2.05, 4.69) is 15.4 Å². The number of amides is 1. The third-order valence-corrected chi connectivity index (χ3v) is 5.32. The van der Waals surface area contributed by atoms with Crippen LogP contribution in [0.2, 0.25) is 0 Å². The molecular weight excluding hydrogens is 432 g/mol. The summed E-state index contributed by atoms with van der Waals surface area (Å²) in [4.78, 5) is 42.3. The number of ketones is 1. The van der Waals surface area contributed by atoms with Gasteiger partial charge < -0.3 is 10.1 Å².